The number of halogens is 1. The molecule has 0 radical (unpaired) electrons. The van der Waals surface area contributed by atoms with Crippen LogP contribution in [0.5, 0.6) is 0 Å². The standard InChI is InChI=1S/C14H16ClN3/c1-10-13(7-12-3-2-6-16-14(12)15)9-18(17-10)8-11-4-5-11/h2-3,6,9,11H,4-5,7-8H2,1H3. The van der Waals surface area contributed by atoms with E-state index in [2.05, 4.69) is 27.9 Å². The number of aryl methyl sites for hydroxylation is 1. The molecule has 3 rings (SSSR count). The minimum atomic E-state index is 0.590. The van der Waals surface area contributed by atoms with Crippen LogP contribution in [0.1, 0.15) is 29.7 Å². The molecule has 1 fully saturated rings. The maximum atomic E-state index is 6.09. The summed E-state index contributed by atoms with van der Waals surface area (Å²) in [4.78, 5) is 4.11. The second-order valence-corrected chi connectivity index (χ2v) is 5.39. The summed E-state index contributed by atoms with van der Waals surface area (Å²) in [5, 5.41) is 5.16. The molecule has 1 saturated carbocycles. The number of rotatable bonds is 4. The Balaban J connectivity index is 1.79. The van der Waals surface area contributed by atoms with Crippen molar-refractivity contribution in [3.8, 4) is 0 Å². The van der Waals surface area contributed by atoms with Crippen LogP contribution in [-0.4, -0.2) is 14.8 Å². The Hall–Kier alpha value is -1.35. The largest absolute Gasteiger partial charge is 0.272 e. The zero-order valence-corrected chi connectivity index (χ0v) is 11.2. The minimum Gasteiger partial charge on any atom is -0.272 e. The van der Waals surface area contributed by atoms with Gasteiger partial charge < -0.3 is 0 Å². The summed E-state index contributed by atoms with van der Waals surface area (Å²) in [6, 6.07) is 3.94. The lowest BCUT2D eigenvalue weighted by Gasteiger charge is -2.01. The first kappa shape index (κ1) is 11.7. The molecule has 0 amide bonds. The van der Waals surface area contributed by atoms with Crippen LogP contribution >= 0.6 is 11.6 Å². The first-order valence-corrected chi connectivity index (χ1v) is 6.72. The van der Waals surface area contributed by atoms with Crippen LogP contribution in [0.25, 0.3) is 0 Å². The highest BCUT2D eigenvalue weighted by atomic mass is 35.5. The summed E-state index contributed by atoms with van der Waals surface area (Å²) in [5.41, 5.74) is 3.40. The van der Waals surface area contributed by atoms with Gasteiger partial charge in [0.1, 0.15) is 5.15 Å². The molecule has 94 valence electrons. The average Bonchev–Trinajstić information content (AvgIpc) is 3.08. The lowest BCUT2D eigenvalue weighted by molar-refractivity contribution is 0.559. The maximum absolute atomic E-state index is 6.09. The van der Waals surface area contributed by atoms with Crippen molar-refractivity contribution in [3.05, 3.63) is 46.5 Å². The average molecular weight is 262 g/mol. The van der Waals surface area contributed by atoms with Crippen LogP contribution < -0.4 is 0 Å². The van der Waals surface area contributed by atoms with Gasteiger partial charge in [0, 0.05) is 25.4 Å². The first-order chi connectivity index (χ1) is 8.72. The second kappa shape index (κ2) is 4.73. The van der Waals surface area contributed by atoms with Crippen LogP contribution in [-0.2, 0) is 13.0 Å². The van der Waals surface area contributed by atoms with Crippen LogP contribution in [0.3, 0.4) is 0 Å². The summed E-state index contributed by atoms with van der Waals surface area (Å²) >= 11 is 6.09. The fourth-order valence-electron chi connectivity index (χ4n) is 2.15. The number of aromatic nitrogens is 3. The molecule has 0 aliphatic heterocycles. The van der Waals surface area contributed by atoms with Gasteiger partial charge >= 0.3 is 0 Å². The SMILES string of the molecule is Cc1nn(CC2CC2)cc1Cc1cccnc1Cl. The maximum Gasteiger partial charge on any atom is 0.132 e. The summed E-state index contributed by atoms with van der Waals surface area (Å²) in [6.45, 7) is 3.12. The van der Waals surface area contributed by atoms with E-state index in [1.165, 1.54) is 18.4 Å². The van der Waals surface area contributed by atoms with Gasteiger partial charge in [0.2, 0.25) is 0 Å². The van der Waals surface area contributed by atoms with E-state index in [4.69, 9.17) is 11.6 Å². The van der Waals surface area contributed by atoms with Crippen molar-refractivity contribution in [2.24, 2.45) is 5.92 Å². The Labute approximate surface area is 112 Å². The van der Waals surface area contributed by atoms with E-state index >= 15 is 0 Å². The molecule has 2 aromatic heterocycles. The number of hydrogen-bond acceptors (Lipinski definition) is 2. The van der Waals surface area contributed by atoms with E-state index in [1.54, 1.807) is 6.20 Å². The summed E-state index contributed by atoms with van der Waals surface area (Å²) in [6.07, 6.45) is 7.38. The molecule has 0 spiro atoms. The Morgan fingerprint density at radius 1 is 1.39 bits per heavy atom. The highest BCUT2D eigenvalue weighted by Crippen LogP contribution is 2.30. The van der Waals surface area contributed by atoms with Crippen molar-refractivity contribution < 1.29 is 0 Å². The van der Waals surface area contributed by atoms with Crippen LogP contribution in [0, 0.1) is 12.8 Å². The molecule has 0 bridgehead atoms. The predicted molar refractivity (Wildman–Crippen MR) is 71.7 cm³/mol. The van der Waals surface area contributed by atoms with Gasteiger partial charge in [0.05, 0.1) is 5.69 Å². The molecular formula is C14H16ClN3. The molecule has 2 heterocycles. The lowest BCUT2D eigenvalue weighted by Crippen LogP contribution is -1.99. The summed E-state index contributed by atoms with van der Waals surface area (Å²) in [7, 11) is 0. The third-order valence-corrected chi connectivity index (χ3v) is 3.75. The Kier molecular flexibility index (Phi) is 3.08. The molecule has 1 aliphatic rings. The van der Waals surface area contributed by atoms with Crippen LogP contribution in [0.15, 0.2) is 24.5 Å². The first-order valence-electron chi connectivity index (χ1n) is 6.34. The number of pyridine rings is 1. The number of nitrogens with zero attached hydrogens (tertiary/aromatic N) is 3. The summed E-state index contributed by atoms with van der Waals surface area (Å²) < 4.78 is 2.08. The van der Waals surface area contributed by atoms with E-state index < -0.39 is 0 Å². The molecule has 4 heteroatoms. The normalized spacial score (nSPS) is 15.0. The fraction of sp³-hybridized carbons (Fsp3) is 0.429. The molecule has 18 heavy (non-hydrogen) atoms. The zero-order chi connectivity index (χ0) is 12.5. The Bertz CT molecular complexity index is 558. The van der Waals surface area contributed by atoms with E-state index in [0.717, 1.165) is 30.1 Å². The van der Waals surface area contributed by atoms with Gasteiger partial charge in [-0.1, -0.05) is 17.7 Å². The Morgan fingerprint density at radius 3 is 2.94 bits per heavy atom. The molecule has 0 atom stereocenters. The molecule has 3 nitrogen and oxygen atoms in total. The van der Waals surface area contributed by atoms with Crippen LogP contribution in [0.4, 0.5) is 0 Å². The third kappa shape index (κ3) is 2.56. The fourth-order valence-corrected chi connectivity index (χ4v) is 2.33. The molecule has 0 N–H and O–H groups in total. The molecule has 0 saturated heterocycles. The molecule has 0 unspecified atom stereocenters. The lowest BCUT2D eigenvalue weighted by atomic mass is 10.1. The topological polar surface area (TPSA) is 30.7 Å². The molecular weight excluding hydrogens is 246 g/mol. The van der Waals surface area contributed by atoms with Crippen molar-refractivity contribution in [1.82, 2.24) is 14.8 Å². The van der Waals surface area contributed by atoms with Gasteiger partial charge in [-0.2, -0.15) is 5.10 Å². The number of hydrogen-bond donors (Lipinski definition) is 0. The van der Waals surface area contributed by atoms with Crippen LogP contribution in [0.2, 0.25) is 5.15 Å². The van der Waals surface area contributed by atoms with Gasteiger partial charge in [-0.05, 0) is 42.9 Å². The van der Waals surface area contributed by atoms with Gasteiger partial charge in [0.15, 0.2) is 0 Å². The van der Waals surface area contributed by atoms with Crippen molar-refractivity contribution in [3.63, 3.8) is 0 Å². The van der Waals surface area contributed by atoms with Gasteiger partial charge in [0.25, 0.3) is 0 Å². The third-order valence-electron chi connectivity index (χ3n) is 3.41. The van der Waals surface area contributed by atoms with E-state index in [-0.39, 0.29) is 0 Å². The van der Waals surface area contributed by atoms with Crippen molar-refractivity contribution >= 4 is 11.6 Å². The van der Waals surface area contributed by atoms with Crippen molar-refractivity contribution in [1.29, 1.82) is 0 Å². The molecule has 1 aliphatic carbocycles. The Morgan fingerprint density at radius 2 is 2.22 bits per heavy atom. The highest BCUT2D eigenvalue weighted by Gasteiger charge is 2.22. The molecule has 0 aromatic carbocycles. The second-order valence-electron chi connectivity index (χ2n) is 5.04. The predicted octanol–water partition coefficient (Wildman–Crippen LogP) is 3.24. The smallest absolute Gasteiger partial charge is 0.132 e. The van der Waals surface area contributed by atoms with Crippen molar-refractivity contribution in [2.45, 2.75) is 32.7 Å². The van der Waals surface area contributed by atoms with Gasteiger partial charge in [-0.15, -0.1) is 0 Å². The van der Waals surface area contributed by atoms with Gasteiger partial charge in [-0.3, -0.25) is 4.68 Å². The quantitative estimate of drug-likeness (QED) is 0.791. The monoisotopic (exact) mass is 261 g/mol. The van der Waals surface area contributed by atoms with Crippen molar-refractivity contribution in [2.75, 3.05) is 0 Å². The highest BCUT2D eigenvalue weighted by molar-refractivity contribution is 6.30. The van der Waals surface area contributed by atoms with E-state index in [1.807, 2.05) is 12.1 Å². The summed E-state index contributed by atoms with van der Waals surface area (Å²) in [5.74, 6) is 0.846. The van der Waals surface area contributed by atoms with E-state index in [9.17, 15) is 0 Å². The minimum absolute atomic E-state index is 0.590. The molecule has 2 aromatic rings. The zero-order valence-electron chi connectivity index (χ0n) is 10.4. The van der Waals surface area contributed by atoms with E-state index in [0.29, 0.717) is 5.15 Å². The van der Waals surface area contributed by atoms with Gasteiger partial charge in [-0.25, -0.2) is 4.98 Å².